The molecule has 0 amide bonds. The van der Waals surface area contributed by atoms with E-state index in [9.17, 15) is 19.2 Å². The van der Waals surface area contributed by atoms with Gasteiger partial charge in [0.1, 0.15) is 33.8 Å². The Morgan fingerprint density at radius 1 is 0.394 bits per heavy atom. The van der Waals surface area contributed by atoms with E-state index >= 15 is 0 Å². The molecule has 1 aliphatic carbocycles. The molecule has 0 radical (unpaired) electrons. The van der Waals surface area contributed by atoms with Crippen molar-refractivity contribution in [1.29, 1.82) is 0 Å². The molecule has 8 aromatic rings. The third kappa shape index (κ3) is 6.96. The van der Waals surface area contributed by atoms with Gasteiger partial charge in [0.05, 0.1) is 35.8 Å². The summed E-state index contributed by atoms with van der Waals surface area (Å²) in [6.07, 6.45) is 4.33. The molecule has 66 heavy (non-hydrogen) atoms. The van der Waals surface area contributed by atoms with E-state index in [2.05, 4.69) is 53.7 Å². The van der Waals surface area contributed by atoms with E-state index in [4.69, 9.17) is 27.1 Å². The number of benzene rings is 4. The molecule has 0 saturated heterocycles. The van der Waals surface area contributed by atoms with Gasteiger partial charge in [0.15, 0.2) is 0 Å². The van der Waals surface area contributed by atoms with Crippen molar-refractivity contribution in [3.63, 3.8) is 0 Å². The maximum absolute atomic E-state index is 14.6. The van der Waals surface area contributed by atoms with Crippen molar-refractivity contribution in [2.45, 2.75) is 142 Å². The Hall–Kier alpha value is -6.16. The van der Waals surface area contributed by atoms with E-state index in [0.29, 0.717) is 55.4 Å². The lowest BCUT2D eigenvalue weighted by atomic mass is 9.63. The molecule has 0 spiro atoms. The predicted octanol–water partition coefficient (Wildman–Crippen LogP) is 12.9. The smallest absolute Gasteiger partial charge is 0.345 e. The number of hydrogen-bond donors (Lipinski definition) is 0. The molecule has 0 atom stereocenters. The lowest BCUT2D eigenvalue weighted by Crippen LogP contribution is -2.32. The number of ether oxygens (including phenoxy) is 2. The van der Waals surface area contributed by atoms with Crippen molar-refractivity contribution in [2.75, 3.05) is 14.2 Å². The quantitative estimate of drug-likeness (QED) is 0.124. The molecule has 4 aromatic heterocycles. The van der Waals surface area contributed by atoms with Gasteiger partial charge in [0.2, 0.25) is 0 Å². The van der Waals surface area contributed by atoms with Crippen molar-refractivity contribution in [2.24, 2.45) is 0 Å². The first-order valence-corrected chi connectivity index (χ1v) is 23.0. The van der Waals surface area contributed by atoms with Gasteiger partial charge in [-0.05, 0) is 82.0 Å². The highest BCUT2D eigenvalue weighted by Gasteiger charge is 2.40. The molecule has 0 unspecified atom stereocenters. The van der Waals surface area contributed by atoms with Crippen LogP contribution in [0.2, 0.25) is 0 Å². The zero-order chi connectivity index (χ0) is 47.8. The van der Waals surface area contributed by atoms with Gasteiger partial charge in [0.25, 0.3) is 0 Å². The Morgan fingerprint density at radius 2 is 0.667 bits per heavy atom. The van der Waals surface area contributed by atoms with Crippen LogP contribution in [0, 0.1) is 0 Å². The topological polar surface area (TPSA) is 139 Å². The third-order valence-corrected chi connectivity index (χ3v) is 14.0. The molecule has 4 aromatic carbocycles. The zero-order valence-corrected chi connectivity index (χ0v) is 40.7. The predicted molar refractivity (Wildman–Crippen MR) is 264 cm³/mol. The van der Waals surface area contributed by atoms with E-state index in [1.807, 2.05) is 65.8 Å². The van der Waals surface area contributed by atoms with Gasteiger partial charge < -0.3 is 27.1 Å². The van der Waals surface area contributed by atoms with Crippen LogP contribution < -0.4 is 32.0 Å². The molecule has 0 aliphatic heterocycles. The molecular formula is C56H60O10. The van der Waals surface area contributed by atoms with Gasteiger partial charge in [-0.25, -0.2) is 19.2 Å². The molecule has 0 N–H and O–H groups in total. The zero-order valence-electron chi connectivity index (χ0n) is 40.7. The Kier molecular flexibility index (Phi) is 10.2. The van der Waals surface area contributed by atoms with Crippen molar-refractivity contribution >= 4 is 65.4 Å². The molecule has 9 rings (SSSR count). The second kappa shape index (κ2) is 14.9. The Balaban J connectivity index is 1.44. The van der Waals surface area contributed by atoms with Crippen molar-refractivity contribution in [3.8, 4) is 11.5 Å². The maximum Gasteiger partial charge on any atom is 0.345 e. The fraction of sp³-hybridized carbons (Fsp3) is 0.429. The van der Waals surface area contributed by atoms with Crippen LogP contribution in [0.25, 0.3) is 65.4 Å². The molecule has 1 fully saturated rings. The highest BCUT2D eigenvalue weighted by atomic mass is 16.5. The van der Waals surface area contributed by atoms with E-state index in [-0.39, 0.29) is 21.5 Å². The van der Waals surface area contributed by atoms with Crippen LogP contribution in [0.15, 0.2) is 85.4 Å². The fourth-order valence-electron chi connectivity index (χ4n) is 10.5. The van der Waals surface area contributed by atoms with Crippen LogP contribution in [0.4, 0.5) is 0 Å². The summed E-state index contributed by atoms with van der Waals surface area (Å²) in [4.78, 5) is 58.1. The van der Waals surface area contributed by atoms with Crippen LogP contribution in [0.1, 0.15) is 149 Å². The first kappa shape index (κ1) is 45.0. The lowest BCUT2D eigenvalue weighted by molar-refractivity contribution is 0.345. The van der Waals surface area contributed by atoms with Crippen LogP contribution in [0.5, 0.6) is 11.5 Å². The molecular weight excluding hydrogens is 833 g/mol. The van der Waals surface area contributed by atoms with Gasteiger partial charge in [-0.15, -0.1) is 0 Å². The SMILES string of the molecule is COc1cc(C(C)(C)C)c2oc(=O)c3c4cc(C5(c6cc(C(C)(C)C)c7oc(=O)c8c9cc(OC)cc(C(C)(C)C)c9oc(=O)c8c7c6)CCCCC5)cc(C(C)(C)C)c4oc(=O)c3c2c1. The van der Waals surface area contributed by atoms with Crippen LogP contribution in [-0.2, 0) is 27.1 Å². The summed E-state index contributed by atoms with van der Waals surface area (Å²) in [5.74, 6) is 1.05. The second-order valence-electron chi connectivity index (χ2n) is 22.6. The first-order valence-electron chi connectivity index (χ1n) is 23.0. The maximum atomic E-state index is 14.6. The summed E-state index contributed by atoms with van der Waals surface area (Å²) in [6.45, 7) is 24.5. The molecule has 1 aliphatic rings. The minimum Gasteiger partial charge on any atom is -0.497 e. The van der Waals surface area contributed by atoms with Crippen molar-refractivity contribution in [3.05, 3.63) is 124 Å². The Bertz CT molecular complexity index is 3360. The van der Waals surface area contributed by atoms with E-state index < -0.39 is 49.6 Å². The van der Waals surface area contributed by atoms with Gasteiger partial charge in [-0.3, -0.25) is 0 Å². The average Bonchev–Trinajstić information content (AvgIpc) is 3.23. The van der Waals surface area contributed by atoms with Crippen molar-refractivity contribution < 1.29 is 27.1 Å². The first-order chi connectivity index (χ1) is 30.8. The highest BCUT2D eigenvalue weighted by Crippen LogP contribution is 2.50. The molecule has 10 nitrogen and oxygen atoms in total. The van der Waals surface area contributed by atoms with E-state index in [1.165, 1.54) is 0 Å². The fourth-order valence-corrected chi connectivity index (χ4v) is 10.5. The van der Waals surface area contributed by atoms with Gasteiger partial charge in [-0.1, -0.05) is 114 Å². The number of rotatable bonds is 4. The lowest BCUT2D eigenvalue weighted by Gasteiger charge is -2.40. The van der Waals surface area contributed by atoms with Gasteiger partial charge >= 0.3 is 22.5 Å². The summed E-state index contributed by atoms with van der Waals surface area (Å²) in [7, 11) is 3.14. The summed E-state index contributed by atoms with van der Waals surface area (Å²) < 4.78 is 36.8. The standard InChI is InChI=1S/C56H60O10/c1-52(2,3)36-22-28(20-32-40-42(50(59)63-44(32)36)34-24-30(61-13)26-38(54(7,8)9)46(34)65-48(40)57)56(18-16-15-17-19-56)29-21-33-41-43(51(60)64-45(33)37(23-29)53(4,5)6)35-25-31(62-14)27-39(55(10,11)12)47(35)66-49(41)58/h20-27H,15-19H2,1-14H3. The molecule has 10 heteroatoms. The summed E-state index contributed by atoms with van der Waals surface area (Å²) in [5.41, 5.74) is 0.976. The Morgan fingerprint density at radius 3 is 0.939 bits per heavy atom. The monoisotopic (exact) mass is 892 g/mol. The number of hydrogen-bond acceptors (Lipinski definition) is 10. The van der Waals surface area contributed by atoms with Crippen LogP contribution in [0.3, 0.4) is 0 Å². The van der Waals surface area contributed by atoms with E-state index in [1.54, 1.807) is 26.4 Å². The average molecular weight is 893 g/mol. The molecule has 0 bridgehead atoms. The van der Waals surface area contributed by atoms with Crippen LogP contribution in [-0.4, -0.2) is 14.2 Å². The second-order valence-corrected chi connectivity index (χ2v) is 22.6. The third-order valence-electron chi connectivity index (χ3n) is 14.0. The van der Waals surface area contributed by atoms with Crippen LogP contribution >= 0.6 is 0 Å². The number of methoxy groups -OCH3 is 2. The Labute approximate surface area is 382 Å². The highest BCUT2D eigenvalue weighted by molar-refractivity contribution is 6.16. The van der Waals surface area contributed by atoms with Gasteiger partial charge in [0, 0.05) is 49.2 Å². The molecule has 1 saturated carbocycles. The summed E-state index contributed by atoms with van der Waals surface area (Å²) >= 11 is 0. The van der Waals surface area contributed by atoms with Crippen molar-refractivity contribution in [1.82, 2.24) is 0 Å². The molecule has 344 valence electrons. The number of fused-ring (bicyclic) bond motifs is 10. The normalized spacial score (nSPS) is 15.2. The minimum atomic E-state index is -0.662. The summed E-state index contributed by atoms with van der Waals surface area (Å²) in [6, 6.07) is 15.5. The summed E-state index contributed by atoms with van der Waals surface area (Å²) in [5, 5.41) is 2.42. The largest absolute Gasteiger partial charge is 0.497 e. The van der Waals surface area contributed by atoms with E-state index in [0.717, 1.165) is 65.5 Å². The molecule has 4 heterocycles. The van der Waals surface area contributed by atoms with Gasteiger partial charge in [-0.2, -0.15) is 0 Å². The minimum absolute atomic E-state index is 0.139.